The number of benzene rings is 1. The van der Waals surface area contributed by atoms with Crippen molar-refractivity contribution in [3.63, 3.8) is 0 Å². The first-order chi connectivity index (χ1) is 12.3. The average molecular weight is 366 g/mol. The van der Waals surface area contributed by atoms with Crippen LogP contribution >= 0.6 is 0 Å². The van der Waals surface area contributed by atoms with Gasteiger partial charge in [-0.3, -0.25) is 9.59 Å². The first kappa shape index (κ1) is 21.3. The van der Waals surface area contributed by atoms with Gasteiger partial charge in [-0.1, -0.05) is 6.07 Å². The molecule has 1 N–H and O–H groups in total. The zero-order valence-corrected chi connectivity index (χ0v) is 15.8. The number of carbonyl (C=O) groups is 3. The minimum Gasteiger partial charge on any atom is -0.496 e. The molecule has 0 radical (unpaired) electrons. The molecule has 8 nitrogen and oxygen atoms in total. The number of amides is 2. The molecule has 0 aliphatic rings. The number of methoxy groups -OCH3 is 2. The number of rotatable bonds is 9. The second kappa shape index (κ2) is 10.3. The highest BCUT2D eigenvalue weighted by atomic mass is 16.5. The number of esters is 1. The largest absolute Gasteiger partial charge is 0.496 e. The second-order valence-electron chi connectivity index (χ2n) is 5.74. The predicted molar refractivity (Wildman–Crippen MR) is 95.4 cm³/mol. The van der Waals surface area contributed by atoms with Crippen LogP contribution in [-0.2, 0) is 14.3 Å². The lowest BCUT2D eigenvalue weighted by atomic mass is 10.2. The van der Waals surface area contributed by atoms with Crippen LogP contribution in [0.15, 0.2) is 18.2 Å². The number of hydrogen-bond donors (Lipinski definition) is 1. The molecule has 0 heterocycles. The Balaban J connectivity index is 2.74. The molecule has 1 aromatic carbocycles. The minimum atomic E-state index is -0.740. The van der Waals surface area contributed by atoms with Gasteiger partial charge in [0.25, 0.3) is 5.91 Å². The quantitative estimate of drug-likeness (QED) is 0.661. The van der Waals surface area contributed by atoms with E-state index in [-0.39, 0.29) is 35.6 Å². The van der Waals surface area contributed by atoms with Crippen LogP contribution in [0, 0.1) is 0 Å². The molecule has 2 amide bonds. The summed E-state index contributed by atoms with van der Waals surface area (Å²) in [7, 11) is 2.84. The maximum atomic E-state index is 12.4. The van der Waals surface area contributed by atoms with E-state index in [2.05, 4.69) is 5.32 Å². The maximum absolute atomic E-state index is 12.4. The van der Waals surface area contributed by atoms with Gasteiger partial charge in [0.1, 0.15) is 17.1 Å². The van der Waals surface area contributed by atoms with E-state index >= 15 is 0 Å². The Morgan fingerprint density at radius 1 is 1.12 bits per heavy atom. The third kappa shape index (κ3) is 5.94. The third-order valence-corrected chi connectivity index (χ3v) is 3.48. The van der Waals surface area contributed by atoms with E-state index in [9.17, 15) is 14.4 Å². The Morgan fingerprint density at radius 3 is 2.15 bits per heavy atom. The van der Waals surface area contributed by atoms with Gasteiger partial charge in [0.05, 0.1) is 20.8 Å². The fourth-order valence-corrected chi connectivity index (χ4v) is 2.26. The van der Waals surface area contributed by atoms with Crippen molar-refractivity contribution in [2.45, 2.75) is 26.8 Å². The molecule has 26 heavy (non-hydrogen) atoms. The summed E-state index contributed by atoms with van der Waals surface area (Å²) in [6, 6.07) is 4.84. The van der Waals surface area contributed by atoms with Crippen molar-refractivity contribution in [1.29, 1.82) is 0 Å². The Morgan fingerprint density at radius 2 is 1.69 bits per heavy atom. The molecule has 0 aliphatic heterocycles. The highest BCUT2D eigenvalue weighted by Gasteiger charge is 2.22. The highest BCUT2D eigenvalue weighted by Crippen LogP contribution is 2.28. The fraction of sp³-hybridized carbons (Fsp3) is 0.500. The molecule has 0 aliphatic carbocycles. The van der Waals surface area contributed by atoms with Crippen LogP contribution in [0.4, 0.5) is 0 Å². The van der Waals surface area contributed by atoms with Crippen molar-refractivity contribution in [1.82, 2.24) is 10.2 Å². The van der Waals surface area contributed by atoms with Crippen LogP contribution in [0.2, 0.25) is 0 Å². The molecule has 8 heteroatoms. The van der Waals surface area contributed by atoms with Gasteiger partial charge in [-0.2, -0.15) is 0 Å². The molecule has 0 fully saturated rings. The van der Waals surface area contributed by atoms with E-state index in [1.54, 1.807) is 25.1 Å². The molecular formula is C18H26N2O6. The van der Waals surface area contributed by atoms with Gasteiger partial charge in [-0.05, 0) is 32.9 Å². The smallest absolute Gasteiger partial charge is 0.346 e. The van der Waals surface area contributed by atoms with Crippen molar-refractivity contribution >= 4 is 17.8 Å². The number of carbonyl (C=O) groups excluding carboxylic acids is 3. The molecule has 0 saturated carbocycles. The first-order valence-corrected chi connectivity index (χ1v) is 8.29. The van der Waals surface area contributed by atoms with Crippen molar-refractivity contribution < 1.29 is 28.6 Å². The number of ether oxygens (including phenoxy) is 3. The number of hydrogen-bond acceptors (Lipinski definition) is 6. The van der Waals surface area contributed by atoms with Crippen LogP contribution in [0.3, 0.4) is 0 Å². The Hall–Kier alpha value is -2.77. The van der Waals surface area contributed by atoms with E-state index in [4.69, 9.17) is 14.2 Å². The molecule has 0 aromatic heterocycles. The Bertz CT molecular complexity index is 622. The normalized spacial score (nSPS) is 10.2. The summed E-state index contributed by atoms with van der Waals surface area (Å²) in [4.78, 5) is 37.7. The molecular weight excluding hydrogens is 340 g/mol. The van der Waals surface area contributed by atoms with Gasteiger partial charge < -0.3 is 24.4 Å². The average Bonchev–Trinajstić information content (AvgIpc) is 2.62. The molecule has 0 atom stereocenters. The molecule has 0 unspecified atom stereocenters. The fourth-order valence-electron chi connectivity index (χ4n) is 2.26. The zero-order chi connectivity index (χ0) is 19.7. The minimum absolute atomic E-state index is 0.0212. The first-order valence-electron chi connectivity index (χ1n) is 8.29. The summed E-state index contributed by atoms with van der Waals surface area (Å²) >= 11 is 0. The van der Waals surface area contributed by atoms with Gasteiger partial charge in [-0.25, -0.2) is 4.79 Å². The van der Waals surface area contributed by atoms with Gasteiger partial charge >= 0.3 is 5.97 Å². The Kier molecular flexibility index (Phi) is 8.41. The Labute approximate surface area is 153 Å². The standard InChI is InChI=1S/C18H26N2O6/c1-6-20(10-15(21)19-12(2)3)16(22)11-26-18(23)17-13(24-4)8-7-9-14(17)25-5/h7-9,12H,6,10-11H2,1-5H3,(H,19,21). The monoisotopic (exact) mass is 366 g/mol. The van der Waals surface area contributed by atoms with E-state index in [1.165, 1.54) is 19.1 Å². The molecule has 0 bridgehead atoms. The van der Waals surface area contributed by atoms with Crippen LogP contribution in [0.1, 0.15) is 31.1 Å². The summed E-state index contributed by atoms with van der Waals surface area (Å²) in [6.45, 7) is 5.15. The lowest BCUT2D eigenvalue weighted by Crippen LogP contribution is -2.44. The molecule has 1 aromatic rings. The van der Waals surface area contributed by atoms with Crippen molar-refractivity contribution in [2.75, 3.05) is 33.9 Å². The van der Waals surface area contributed by atoms with Crippen LogP contribution in [-0.4, -0.2) is 62.6 Å². The summed E-state index contributed by atoms with van der Waals surface area (Å²) in [5.41, 5.74) is 0.103. The number of nitrogens with zero attached hydrogens (tertiary/aromatic N) is 1. The number of likely N-dealkylation sites (N-methyl/N-ethyl adjacent to an activating group) is 1. The van der Waals surface area contributed by atoms with E-state index < -0.39 is 18.5 Å². The summed E-state index contributed by atoms with van der Waals surface area (Å²) in [5.74, 6) is -0.909. The lowest BCUT2D eigenvalue weighted by molar-refractivity contribution is -0.138. The van der Waals surface area contributed by atoms with E-state index in [0.29, 0.717) is 6.54 Å². The third-order valence-electron chi connectivity index (χ3n) is 3.48. The molecule has 0 saturated heterocycles. The lowest BCUT2D eigenvalue weighted by Gasteiger charge is -2.21. The molecule has 144 valence electrons. The summed E-state index contributed by atoms with van der Waals surface area (Å²) < 4.78 is 15.4. The van der Waals surface area contributed by atoms with E-state index in [1.807, 2.05) is 13.8 Å². The number of nitrogens with one attached hydrogen (secondary N) is 1. The second-order valence-corrected chi connectivity index (χ2v) is 5.74. The van der Waals surface area contributed by atoms with Crippen molar-refractivity contribution in [2.24, 2.45) is 0 Å². The van der Waals surface area contributed by atoms with Gasteiger partial charge in [0.2, 0.25) is 5.91 Å². The van der Waals surface area contributed by atoms with Crippen LogP contribution < -0.4 is 14.8 Å². The van der Waals surface area contributed by atoms with Gasteiger partial charge in [0.15, 0.2) is 6.61 Å². The van der Waals surface area contributed by atoms with Crippen molar-refractivity contribution in [3.8, 4) is 11.5 Å². The van der Waals surface area contributed by atoms with Gasteiger partial charge in [0, 0.05) is 12.6 Å². The summed E-state index contributed by atoms with van der Waals surface area (Å²) in [5, 5.41) is 2.71. The summed E-state index contributed by atoms with van der Waals surface area (Å²) in [6.07, 6.45) is 0. The van der Waals surface area contributed by atoms with Crippen LogP contribution in [0.25, 0.3) is 0 Å². The molecule has 0 spiro atoms. The maximum Gasteiger partial charge on any atom is 0.346 e. The topological polar surface area (TPSA) is 94.2 Å². The zero-order valence-electron chi connectivity index (χ0n) is 15.8. The van der Waals surface area contributed by atoms with Gasteiger partial charge in [-0.15, -0.1) is 0 Å². The molecule has 1 rings (SSSR count). The SMILES string of the molecule is CCN(CC(=O)NC(C)C)C(=O)COC(=O)c1c(OC)cccc1OC. The van der Waals surface area contributed by atoms with Crippen LogP contribution in [0.5, 0.6) is 11.5 Å². The van der Waals surface area contributed by atoms with E-state index in [0.717, 1.165) is 0 Å². The predicted octanol–water partition coefficient (Wildman–Crippen LogP) is 1.23. The highest BCUT2D eigenvalue weighted by molar-refractivity contribution is 5.97. The van der Waals surface area contributed by atoms with Crippen molar-refractivity contribution in [3.05, 3.63) is 23.8 Å².